The Hall–Kier alpha value is -1.30. The third kappa shape index (κ3) is 3.87. The first-order valence-electron chi connectivity index (χ1n) is 7.93. The normalized spacial score (nSPS) is 32.1. The number of aliphatic carboxylic acids is 1. The van der Waals surface area contributed by atoms with Crippen LogP contribution in [0.5, 0.6) is 0 Å². The minimum absolute atomic E-state index is 0.0385. The van der Waals surface area contributed by atoms with Gasteiger partial charge in [0.2, 0.25) is 0 Å². The zero-order valence-corrected chi connectivity index (χ0v) is 13.2. The monoisotopic (exact) mass is 297 g/mol. The molecule has 21 heavy (non-hydrogen) atoms. The van der Waals surface area contributed by atoms with Crippen LogP contribution in [0.4, 0.5) is 4.79 Å². The number of carbonyl (C=O) groups excluding carboxylic acids is 1. The van der Waals surface area contributed by atoms with Crippen molar-refractivity contribution in [2.45, 2.75) is 58.2 Å². The second-order valence-electron chi connectivity index (χ2n) is 6.57. The number of likely N-dealkylation sites (tertiary alicyclic amines) is 1. The summed E-state index contributed by atoms with van der Waals surface area (Å²) >= 11 is 0. The van der Waals surface area contributed by atoms with Crippen LogP contribution in [0, 0.1) is 5.92 Å². The van der Waals surface area contributed by atoms with E-state index in [4.69, 9.17) is 5.11 Å². The van der Waals surface area contributed by atoms with Crippen molar-refractivity contribution in [2.75, 3.05) is 19.6 Å². The molecule has 6 heteroatoms. The van der Waals surface area contributed by atoms with Crippen molar-refractivity contribution in [3.8, 4) is 0 Å². The van der Waals surface area contributed by atoms with E-state index in [2.05, 4.69) is 19.2 Å². The van der Waals surface area contributed by atoms with Crippen LogP contribution in [0.2, 0.25) is 0 Å². The van der Waals surface area contributed by atoms with Gasteiger partial charge in [0, 0.05) is 24.7 Å². The number of carboxylic acids is 1. The molecule has 1 aliphatic heterocycles. The Labute approximate surface area is 126 Å². The van der Waals surface area contributed by atoms with Gasteiger partial charge in [-0.3, -0.25) is 9.69 Å². The van der Waals surface area contributed by atoms with Gasteiger partial charge in [-0.1, -0.05) is 13.8 Å². The van der Waals surface area contributed by atoms with E-state index in [1.54, 1.807) is 0 Å². The first kappa shape index (κ1) is 16.1. The molecule has 1 aliphatic carbocycles. The quantitative estimate of drug-likeness (QED) is 0.804. The Balaban J connectivity index is 1.75. The molecule has 6 nitrogen and oxygen atoms in total. The summed E-state index contributed by atoms with van der Waals surface area (Å²) in [6, 6.07) is 0.825. The van der Waals surface area contributed by atoms with E-state index in [0.29, 0.717) is 12.0 Å². The number of hydrogen-bond acceptors (Lipinski definition) is 3. The Morgan fingerprint density at radius 1 is 1.29 bits per heavy atom. The lowest BCUT2D eigenvalue weighted by Crippen LogP contribution is -2.57. The summed E-state index contributed by atoms with van der Waals surface area (Å²) in [6.45, 7) is 7.90. The summed E-state index contributed by atoms with van der Waals surface area (Å²) in [5, 5.41) is 12.0. The summed E-state index contributed by atoms with van der Waals surface area (Å²) in [6.07, 6.45) is 2.78. The summed E-state index contributed by atoms with van der Waals surface area (Å²) in [5.41, 5.74) is 0. The molecule has 2 aliphatic rings. The molecular weight excluding hydrogens is 270 g/mol. The maximum Gasteiger partial charge on any atom is 0.317 e. The maximum absolute atomic E-state index is 12.2. The SMILES string of the molecule is CCN(CC(=O)O)C1CC(NC(=O)N2CC(C)CC2C)C1. The van der Waals surface area contributed by atoms with Gasteiger partial charge in [-0.25, -0.2) is 4.79 Å². The van der Waals surface area contributed by atoms with Gasteiger partial charge in [0.25, 0.3) is 0 Å². The number of nitrogens with zero attached hydrogens (tertiary/aromatic N) is 2. The molecule has 2 N–H and O–H groups in total. The van der Waals surface area contributed by atoms with Crippen LogP contribution in [-0.2, 0) is 4.79 Å². The molecule has 2 fully saturated rings. The predicted octanol–water partition coefficient (Wildman–Crippen LogP) is 1.36. The van der Waals surface area contributed by atoms with E-state index in [0.717, 1.165) is 32.4 Å². The second-order valence-corrected chi connectivity index (χ2v) is 6.57. The van der Waals surface area contributed by atoms with Gasteiger partial charge in [-0.05, 0) is 38.6 Å². The molecular formula is C15H27N3O3. The van der Waals surface area contributed by atoms with Crippen LogP contribution in [-0.4, -0.2) is 64.7 Å². The van der Waals surface area contributed by atoms with E-state index in [1.165, 1.54) is 0 Å². The van der Waals surface area contributed by atoms with Crippen molar-refractivity contribution < 1.29 is 14.7 Å². The highest BCUT2D eigenvalue weighted by atomic mass is 16.4. The molecule has 2 rings (SSSR count). The van der Waals surface area contributed by atoms with E-state index < -0.39 is 5.97 Å². The Morgan fingerprint density at radius 3 is 2.43 bits per heavy atom. The van der Waals surface area contributed by atoms with Crippen LogP contribution >= 0.6 is 0 Å². The first-order valence-corrected chi connectivity index (χ1v) is 7.93. The number of nitrogens with one attached hydrogen (secondary N) is 1. The Kier molecular flexibility index (Phi) is 5.08. The fraction of sp³-hybridized carbons (Fsp3) is 0.867. The van der Waals surface area contributed by atoms with Crippen LogP contribution in [0.15, 0.2) is 0 Å². The number of carbonyl (C=O) groups is 2. The van der Waals surface area contributed by atoms with E-state index in [1.807, 2.05) is 16.7 Å². The second kappa shape index (κ2) is 6.64. The third-order valence-corrected chi connectivity index (χ3v) is 4.75. The molecule has 1 saturated carbocycles. The van der Waals surface area contributed by atoms with Crippen molar-refractivity contribution in [3.05, 3.63) is 0 Å². The summed E-state index contributed by atoms with van der Waals surface area (Å²) in [5.74, 6) is -0.213. The van der Waals surface area contributed by atoms with Crippen molar-refractivity contribution in [3.63, 3.8) is 0 Å². The molecule has 0 spiro atoms. The van der Waals surface area contributed by atoms with Gasteiger partial charge in [-0.15, -0.1) is 0 Å². The zero-order valence-electron chi connectivity index (χ0n) is 13.2. The molecule has 0 aromatic heterocycles. The minimum atomic E-state index is -0.788. The van der Waals surface area contributed by atoms with Gasteiger partial charge in [0.05, 0.1) is 6.54 Å². The van der Waals surface area contributed by atoms with Crippen molar-refractivity contribution >= 4 is 12.0 Å². The largest absolute Gasteiger partial charge is 0.480 e. The zero-order chi connectivity index (χ0) is 15.6. The van der Waals surface area contributed by atoms with E-state index >= 15 is 0 Å². The van der Waals surface area contributed by atoms with Gasteiger partial charge >= 0.3 is 12.0 Å². The Bertz CT molecular complexity index is 396. The number of rotatable bonds is 5. The number of carboxylic acid groups (broad SMARTS) is 1. The third-order valence-electron chi connectivity index (χ3n) is 4.75. The van der Waals surface area contributed by atoms with Crippen LogP contribution in [0.1, 0.15) is 40.0 Å². The van der Waals surface area contributed by atoms with Gasteiger partial charge in [0.15, 0.2) is 0 Å². The van der Waals surface area contributed by atoms with Crippen molar-refractivity contribution in [2.24, 2.45) is 5.92 Å². The molecule has 2 unspecified atom stereocenters. The molecule has 120 valence electrons. The molecule has 1 saturated heterocycles. The summed E-state index contributed by atoms with van der Waals surface area (Å²) in [4.78, 5) is 26.9. The molecule has 2 atom stereocenters. The molecule has 0 bridgehead atoms. The summed E-state index contributed by atoms with van der Waals surface area (Å²) < 4.78 is 0. The average molecular weight is 297 g/mol. The molecule has 0 aromatic rings. The lowest BCUT2D eigenvalue weighted by molar-refractivity contribution is -0.139. The lowest BCUT2D eigenvalue weighted by atomic mass is 9.85. The standard InChI is InChI=1S/C15H27N3O3/c1-4-17(9-14(19)20)13-6-12(7-13)16-15(21)18-8-10(2)5-11(18)3/h10-13H,4-9H2,1-3H3,(H,16,21)(H,19,20). The highest BCUT2D eigenvalue weighted by Crippen LogP contribution is 2.27. The fourth-order valence-corrected chi connectivity index (χ4v) is 3.52. The smallest absolute Gasteiger partial charge is 0.317 e. The van der Waals surface area contributed by atoms with Crippen LogP contribution in [0.3, 0.4) is 0 Å². The molecule has 0 radical (unpaired) electrons. The van der Waals surface area contributed by atoms with E-state index in [9.17, 15) is 9.59 Å². The number of hydrogen-bond donors (Lipinski definition) is 2. The van der Waals surface area contributed by atoms with Crippen LogP contribution < -0.4 is 5.32 Å². The minimum Gasteiger partial charge on any atom is -0.480 e. The topological polar surface area (TPSA) is 72.9 Å². The predicted molar refractivity (Wildman–Crippen MR) is 80.2 cm³/mol. The lowest BCUT2D eigenvalue weighted by Gasteiger charge is -2.42. The molecule has 1 heterocycles. The average Bonchev–Trinajstić information content (AvgIpc) is 2.69. The van der Waals surface area contributed by atoms with E-state index in [-0.39, 0.29) is 24.7 Å². The van der Waals surface area contributed by atoms with Gasteiger partial charge in [0.1, 0.15) is 0 Å². The first-order chi connectivity index (χ1) is 9.90. The molecule has 0 aromatic carbocycles. The van der Waals surface area contributed by atoms with Crippen molar-refractivity contribution in [1.82, 2.24) is 15.1 Å². The highest BCUT2D eigenvalue weighted by Gasteiger charge is 2.37. The van der Waals surface area contributed by atoms with Gasteiger partial charge in [-0.2, -0.15) is 0 Å². The fourth-order valence-electron chi connectivity index (χ4n) is 3.52. The highest BCUT2D eigenvalue weighted by molar-refractivity contribution is 5.75. The summed E-state index contributed by atoms with van der Waals surface area (Å²) in [7, 11) is 0. The van der Waals surface area contributed by atoms with Crippen molar-refractivity contribution in [1.29, 1.82) is 0 Å². The number of urea groups is 1. The maximum atomic E-state index is 12.2. The number of amides is 2. The van der Waals surface area contributed by atoms with Crippen LogP contribution in [0.25, 0.3) is 0 Å². The number of likely N-dealkylation sites (N-methyl/N-ethyl adjacent to an activating group) is 1. The Morgan fingerprint density at radius 2 is 1.95 bits per heavy atom. The molecule has 2 amide bonds. The van der Waals surface area contributed by atoms with Gasteiger partial charge < -0.3 is 15.3 Å².